The molecule has 0 bridgehead atoms. The van der Waals surface area contributed by atoms with E-state index in [1.807, 2.05) is 36.4 Å². The molecular formula is C15H15ClN2O. The van der Waals surface area contributed by atoms with Crippen LogP contribution >= 0.6 is 11.6 Å². The molecule has 0 aliphatic heterocycles. The molecule has 1 fully saturated rings. The van der Waals surface area contributed by atoms with E-state index in [-0.39, 0.29) is 6.61 Å². The third kappa shape index (κ3) is 2.88. The van der Waals surface area contributed by atoms with Crippen LogP contribution in [0.2, 0.25) is 5.02 Å². The summed E-state index contributed by atoms with van der Waals surface area (Å²) in [5, 5.41) is 13.3. The van der Waals surface area contributed by atoms with Gasteiger partial charge in [0.25, 0.3) is 0 Å². The molecule has 98 valence electrons. The lowest BCUT2D eigenvalue weighted by atomic mass is 10.1. The maximum atomic E-state index is 9.33. The number of anilines is 2. The van der Waals surface area contributed by atoms with Crippen LogP contribution < -0.4 is 5.32 Å². The summed E-state index contributed by atoms with van der Waals surface area (Å²) in [5.41, 5.74) is 2.87. The number of nitrogens with zero attached hydrogens (tertiary/aromatic N) is 1. The first kappa shape index (κ1) is 12.5. The van der Waals surface area contributed by atoms with E-state index in [0.29, 0.717) is 10.9 Å². The number of aromatic nitrogens is 1. The summed E-state index contributed by atoms with van der Waals surface area (Å²) in [4.78, 5) is 4.62. The van der Waals surface area contributed by atoms with Crippen molar-refractivity contribution in [2.45, 2.75) is 25.4 Å². The number of aliphatic hydroxyl groups excluding tert-OH is 1. The zero-order chi connectivity index (χ0) is 13.2. The van der Waals surface area contributed by atoms with Crippen molar-refractivity contribution in [3.8, 4) is 0 Å². The van der Waals surface area contributed by atoms with Crippen molar-refractivity contribution < 1.29 is 5.11 Å². The molecule has 2 aromatic rings. The molecule has 1 heterocycles. The lowest BCUT2D eigenvalue weighted by Gasteiger charge is -2.10. The van der Waals surface area contributed by atoms with Crippen LogP contribution in [0.25, 0.3) is 0 Å². The van der Waals surface area contributed by atoms with Crippen molar-refractivity contribution in [1.82, 2.24) is 4.98 Å². The van der Waals surface area contributed by atoms with E-state index in [4.69, 9.17) is 11.6 Å². The highest BCUT2D eigenvalue weighted by molar-refractivity contribution is 6.30. The summed E-state index contributed by atoms with van der Waals surface area (Å²) < 4.78 is 0. The minimum absolute atomic E-state index is 0.0519. The minimum Gasteiger partial charge on any atom is -0.392 e. The Bertz CT molecular complexity index is 596. The van der Waals surface area contributed by atoms with Gasteiger partial charge in [-0.2, -0.15) is 0 Å². The summed E-state index contributed by atoms with van der Waals surface area (Å²) in [5.74, 6) is 1.31. The van der Waals surface area contributed by atoms with Crippen molar-refractivity contribution in [2.24, 2.45) is 0 Å². The molecule has 0 amide bonds. The van der Waals surface area contributed by atoms with E-state index in [1.54, 1.807) is 0 Å². The molecular weight excluding hydrogens is 260 g/mol. The number of pyridine rings is 1. The second-order valence-electron chi connectivity index (χ2n) is 4.81. The first-order valence-corrected chi connectivity index (χ1v) is 6.77. The molecule has 2 N–H and O–H groups in total. The molecule has 1 aliphatic carbocycles. The lowest BCUT2D eigenvalue weighted by molar-refractivity contribution is 0.280. The molecule has 0 atom stereocenters. The predicted octanol–water partition coefficient (Wildman–Crippen LogP) is 3.85. The normalized spacial score (nSPS) is 14.4. The van der Waals surface area contributed by atoms with Crippen LogP contribution in [0, 0.1) is 0 Å². The van der Waals surface area contributed by atoms with Crippen LogP contribution in [0.3, 0.4) is 0 Å². The van der Waals surface area contributed by atoms with Crippen molar-refractivity contribution in [3.63, 3.8) is 0 Å². The van der Waals surface area contributed by atoms with Crippen molar-refractivity contribution in [1.29, 1.82) is 0 Å². The number of halogens is 1. The zero-order valence-corrected chi connectivity index (χ0v) is 11.2. The van der Waals surface area contributed by atoms with E-state index in [1.165, 1.54) is 12.8 Å². The van der Waals surface area contributed by atoms with Crippen molar-refractivity contribution >= 4 is 23.1 Å². The molecule has 1 aromatic heterocycles. The Kier molecular flexibility index (Phi) is 3.40. The molecule has 1 saturated carbocycles. The Hall–Kier alpha value is -1.58. The summed E-state index contributed by atoms with van der Waals surface area (Å²) >= 11 is 5.96. The SMILES string of the molecule is OCc1ccc(Nc2cccc(Cl)c2)nc1C1CC1. The largest absolute Gasteiger partial charge is 0.392 e. The number of aliphatic hydroxyl groups is 1. The van der Waals surface area contributed by atoms with Gasteiger partial charge < -0.3 is 10.4 Å². The van der Waals surface area contributed by atoms with Crippen LogP contribution in [-0.4, -0.2) is 10.1 Å². The van der Waals surface area contributed by atoms with E-state index in [2.05, 4.69) is 10.3 Å². The quantitative estimate of drug-likeness (QED) is 0.890. The van der Waals surface area contributed by atoms with Crippen LogP contribution in [0.15, 0.2) is 36.4 Å². The van der Waals surface area contributed by atoms with Gasteiger partial charge in [-0.05, 0) is 42.7 Å². The van der Waals surface area contributed by atoms with Gasteiger partial charge in [-0.25, -0.2) is 4.98 Å². The van der Waals surface area contributed by atoms with Gasteiger partial charge in [0, 0.05) is 16.6 Å². The predicted molar refractivity (Wildman–Crippen MR) is 76.9 cm³/mol. The van der Waals surface area contributed by atoms with Gasteiger partial charge in [-0.3, -0.25) is 0 Å². The second kappa shape index (κ2) is 5.19. The van der Waals surface area contributed by atoms with Crippen LogP contribution in [0.4, 0.5) is 11.5 Å². The fraction of sp³-hybridized carbons (Fsp3) is 0.267. The summed E-state index contributed by atoms with van der Waals surface area (Å²) in [6.07, 6.45) is 2.33. The maximum absolute atomic E-state index is 9.33. The van der Waals surface area contributed by atoms with E-state index in [9.17, 15) is 5.11 Å². The molecule has 1 aliphatic rings. The molecule has 0 spiro atoms. The molecule has 4 heteroatoms. The van der Waals surface area contributed by atoms with E-state index >= 15 is 0 Å². The van der Waals surface area contributed by atoms with Crippen LogP contribution in [0.1, 0.15) is 30.0 Å². The first-order valence-electron chi connectivity index (χ1n) is 6.39. The fourth-order valence-corrected chi connectivity index (χ4v) is 2.32. The van der Waals surface area contributed by atoms with Crippen LogP contribution in [-0.2, 0) is 6.61 Å². The average molecular weight is 275 g/mol. The number of nitrogens with one attached hydrogen (secondary N) is 1. The zero-order valence-electron chi connectivity index (χ0n) is 10.4. The standard InChI is InChI=1S/C15H15ClN2O/c16-12-2-1-3-13(8-12)17-14-7-6-11(9-19)15(18-14)10-4-5-10/h1-3,6-8,10,19H,4-5,9H2,(H,17,18). The Morgan fingerprint density at radius 3 is 2.79 bits per heavy atom. The number of hydrogen-bond acceptors (Lipinski definition) is 3. The third-order valence-electron chi connectivity index (χ3n) is 3.24. The number of benzene rings is 1. The van der Waals surface area contributed by atoms with Gasteiger partial charge in [0.2, 0.25) is 0 Å². The topological polar surface area (TPSA) is 45.1 Å². The number of hydrogen-bond donors (Lipinski definition) is 2. The smallest absolute Gasteiger partial charge is 0.130 e. The lowest BCUT2D eigenvalue weighted by Crippen LogP contribution is -2.00. The van der Waals surface area contributed by atoms with E-state index in [0.717, 1.165) is 22.8 Å². The van der Waals surface area contributed by atoms with Crippen molar-refractivity contribution in [3.05, 3.63) is 52.7 Å². The second-order valence-corrected chi connectivity index (χ2v) is 5.25. The molecule has 3 nitrogen and oxygen atoms in total. The first-order chi connectivity index (χ1) is 9.26. The van der Waals surface area contributed by atoms with Gasteiger partial charge in [0.1, 0.15) is 5.82 Å². The van der Waals surface area contributed by atoms with Gasteiger partial charge in [0.15, 0.2) is 0 Å². The highest BCUT2D eigenvalue weighted by Crippen LogP contribution is 2.41. The highest BCUT2D eigenvalue weighted by Gasteiger charge is 2.27. The van der Waals surface area contributed by atoms with Gasteiger partial charge in [0.05, 0.1) is 12.3 Å². The molecule has 1 aromatic carbocycles. The molecule has 19 heavy (non-hydrogen) atoms. The summed E-state index contributed by atoms with van der Waals surface area (Å²) in [7, 11) is 0. The molecule has 0 radical (unpaired) electrons. The fourth-order valence-electron chi connectivity index (χ4n) is 2.13. The summed E-state index contributed by atoms with van der Waals surface area (Å²) in [6, 6.07) is 11.4. The monoisotopic (exact) mass is 274 g/mol. The molecule has 3 rings (SSSR count). The Labute approximate surface area is 117 Å². The van der Waals surface area contributed by atoms with Crippen LogP contribution in [0.5, 0.6) is 0 Å². The highest BCUT2D eigenvalue weighted by atomic mass is 35.5. The molecule has 0 unspecified atom stereocenters. The van der Waals surface area contributed by atoms with Gasteiger partial charge >= 0.3 is 0 Å². The third-order valence-corrected chi connectivity index (χ3v) is 3.48. The average Bonchev–Trinajstić information content (AvgIpc) is 3.23. The Morgan fingerprint density at radius 1 is 1.26 bits per heavy atom. The summed E-state index contributed by atoms with van der Waals surface area (Å²) in [6.45, 7) is 0.0519. The Morgan fingerprint density at radius 2 is 2.11 bits per heavy atom. The molecule has 0 saturated heterocycles. The van der Waals surface area contributed by atoms with E-state index < -0.39 is 0 Å². The van der Waals surface area contributed by atoms with Crippen molar-refractivity contribution in [2.75, 3.05) is 5.32 Å². The maximum Gasteiger partial charge on any atom is 0.130 e. The van der Waals surface area contributed by atoms with Gasteiger partial charge in [-0.1, -0.05) is 23.7 Å². The Balaban J connectivity index is 1.87. The number of rotatable bonds is 4. The van der Waals surface area contributed by atoms with Gasteiger partial charge in [-0.15, -0.1) is 0 Å². The minimum atomic E-state index is 0.0519.